The van der Waals surface area contributed by atoms with Crippen LogP contribution in [0.5, 0.6) is 0 Å². The van der Waals surface area contributed by atoms with E-state index in [4.69, 9.17) is 14.6 Å². The number of hydrazone groups is 1. The van der Waals surface area contributed by atoms with Crippen molar-refractivity contribution in [2.75, 3.05) is 13.2 Å². The predicted molar refractivity (Wildman–Crippen MR) is 99.7 cm³/mol. The van der Waals surface area contributed by atoms with Gasteiger partial charge in [0.1, 0.15) is 6.54 Å². The molecule has 0 spiro atoms. The molecule has 7 nitrogen and oxygen atoms in total. The van der Waals surface area contributed by atoms with Crippen LogP contribution >= 0.6 is 0 Å². The highest BCUT2D eigenvalue weighted by molar-refractivity contribution is 5.87. The van der Waals surface area contributed by atoms with Gasteiger partial charge in [0.2, 0.25) is 0 Å². The maximum Gasteiger partial charge on any atom is 0.335 e. The number of esters is 1. The van der Waals surface area contributed by atoms with E-state index in [1.165, 1.54) is 0 Å². The van der Waals surface area contributed by atoms with Crippen LogP contribution in [0.25, 0.3) is 0 Å². The normalized spacial score (nSPS) is 26.4. The Labute approximate surface area is 158 Å². The van der Waals surface area contributed by atoms with Crippen molar-refractivity contribution in [3.8, 4) is 0 Å². The van der Waals surface area contributed by atoms with Gasteiger partial charge in [-0.3, -0.25) is 10.2 Å². The van der Waals surface area contributed by atoms with Gasteiger partial charge in [-0.25, -0.2) is 4.79 Å². The zero-order valence-corrected chi connectivity index (χ0v) is 15.5. The lowest BCUT2D eigenvalue weighted by molar-refractivity contribution is -0.142. The third kappa shape index (κ3) is 4.86. The van der Waals surface area contributed by atoms with Gasteiger partial charge in [0.25, 0.3) is 0 Å². The first-order chi connectivity index (χ1) is 13.1. The van der Waals surface area contributed by atoms with Crippen molar-refractivity contribution >= 4 is 18.2 Å². The molecular formula is C20H26N2O5. The first kappa shape index (κ1) is 19.4. The summed E-state index contributed by atoms with van der Waals surface area (Å²) in [6, 6.07) is 7.01. The average Bonchev–Trinajstić information content (AvgIpc) is 3.26. The Bertz CT molecular complexity index is 688. The van der Waals surface area contributed by atoms with Crippen LogP contribution in [-0.2, 0) is 20.7 Å². The van der Waals surface area contributed by atoms with E-state index in [1.807, 2.05) is 25.3 Å². The van der Waals surface area contributed by atoms with Crippen LogP contribution in [0, 0.1) is 11.8 Å². The van der Waals surface area contributed by atoms with E-state index in [0.29, 0.717) is 18.1 Å². The molecule has 7 heteroatoms. The SMILES string of the molecule is CCCOC(=O)CNN=C[C@H]1[C@@H](Cc2ccc(C(=O)O)cc2)[C@H]2CC[C@@H]1O2. The summed E-state index contributed by atoms with van der Waals surface area (Å²) in [5, 5.41) is 13.2. The standard InChI is InChI=1S/C20H26N2O5/c1-2-9-26-19(23)12-22-21-11-16-15(17-7-8-18(16)27-17)10-13-3-5-14(6-4-13)20(24)25/h3-6,11,15-18,22H,2,7-10,12H2,1H3,(H,24,25)/t15-,16+,17-,18+/m1/s1. The number of nitrogens with one attached hydrogen (secondary N) is 1. The lowest BCUT2D eigenvalue weighted by atomic mass is 9.77. The van der Waals surface area contributed by atoms with Gasteiger partial charge in [0.15, 0.2) is 0 Å². The minimum absolute atomic E-state index is 0.0550. The fraction of sp³-hybridized carbons (Fsp3) is 0.550. The molecule has 0 aromatic heterocycles. The lowest BCUT2D eigenvalue weighted by Gasteiger charge is -2.25. The van der Waals surface area contributed by atoms with Crippen molar-refractivity contribution in [3.05, 3.63) is 35.4 Å². The zero-order chi connectivity index (χ0) is 19.2. The third-order valence-electron chi connectivity index (χ3n) is 5.19. The van der Waals surface area contributed by atoms with E-state index in [0.717, 1.165) is 31.2 Å². The number of fused-ring (bicyclic) bond motifs is 2. The molecule has 4 atom stereocenters. The zero-order valence-electron chi connectivity index (χ0n) is 15.5. The molecule has 146 valence electrons. The molecular weight excluding hydrogens is 348 g/mol. The Balaban J connectivity index is 1.56. The van der Waals surface area contributed by atoms with Crippen molar-refractivity contribution in [1.82, 2.24) is 5.43 Å². The van der Waals surface area contributed by atoms with E-state index >= 15 is 0 Å². The van der Waals surface area contributed by atoms with E-state index in [2.05, 4.69) is 10.5 Å². The molecule has 0 saturated carbocycles. The summed E-state index contributed by atoms with van der Waals surface area (Å²) < 4.78 is 11.1. The molecule has 2 aliphatic rings. The summed E-state index contributed by atoms with van der Waals surface area (Å²) in [5.74, 6) is -0.745. The Morgan fingerprint density at radius 1 is 1.30 bits per heavy atom. The number of hydrogen-bond donors (Lipinski definition) is 2. The second-order valence-electron chi connectivity index (χ2n) is 7.07. The van der Waals surface area contributed by atoms with Gasteiger partial charge in [-0.1, -0.05) is 19.1 Å². The summed E-state index contributed by atoms with van der Waals surface area (Å²) in [7, 11) is 0. The largest absolute Gasteiger partial charge is 0.478 e. The van der Waals surface area contributed by atoms with Gasteiger partial charge in [-0.15, -0.1) is 0 Å². The summed E-state index contributed by atoms with van der Waals surface area (Å²) >= 11 is 0. The number of carboxylic acid groups (broad SMARTS) is 1. The van der Waals surface area contributed by atoms with Gasteiger partial charge in [-0.05, 0) is 49.3 Å². The van der Waals surface area contributed by atoms with Gasteiger partial charge in [-0.2, -0.15) is 5.10 Å². The first-order valence-corrected chi connectivity index (χ1v) is 9.48. The minimum atomic E-state index is -0.918. The fourth-order valence-corrected chi connectivity index (χ4v) is 3.86. The second kappa shape index (κ2) is 8.99. The number of ether oxygens (including phenoxy) is 2. The van der Waals surface area contributed by atoms with Crippen molar-refractivity contribution in [2.24, 2.45) is 16.9 Å². The van der Waals surface area contributed by atoms with Gasteiger partial charge >= 0.3 is 11.9 Å². The van der Waals surface area contributed by atoms with E-state index < -0.39 is 5.97 Å². The maximum atomic E-state index is 11.5. The molecule has 1 aromatic carbocycles. The quantitative estimate of drug-likeness (QED) is 0.391. The highest BCUT2D eigenvalue weighted by atomic mass is 16.5. The average molecular weight is 374 g/mol. The van der Waals surface area contributed by atoms with Crippen LogP contribution in [-0.4, -0.2) is 48.6 Å². The fourth-order valence-electron chi connectivity index (χ4n) is 3.86. The summed E-state index contributed by atoms with van der Waals surface area (Å²) in [6.45, 7) is 2.43. The molecule has 27 heavy (non-hydrogen) atoms. The van der Waals surface area contributed by atoms with Crippen LogP contribution in [0.4, 0.5) is 0 Å². The number of rotatable bonds is 9. The van der Waals surface area contributed by atoms with E-state index in [-0.39, 0.29) is 30.6 Å². The molecule has 2 saturated heterocycles. The van der Waals surface area contributed by atoms with E-state index in [9.17, 15) is 9.59 Å². The van der Waals surface area contributed by atoms with Crippen LogP contribution in [0.15, 0.2) is 29.4 Å². The van der Waals surface area contributed by atoms with Gasteiger partial charge in [0, 0.05) is 12.1 Å². The number of carbonyl (C=O) groups is 2. The molecule has 2 aliphatic heterocycles. The van der Waals surface area contributed by atoms with Gasteiger partial charge < -0.3 is 14.6 Å². The monoisotopic (exact) mass is 374 g/mol. The molecule has 2 heterocycles. The highest BCUT2D eigenvalue weighted by Gasteiger charge is 2.47. The van der Waals surface area contributed by atoms with Crippen molar-refractivity contribution in [2.45, 2.75) is 44.8 Å². The molecule has 2 fully saturated rings. The third-order valence-corrected chi connectivity index (χ3v) is 5.19. The Morgan fingerprint density at radius 3 is 2.74 bits per heavy atom. The van der Waals surface area contributed by atoms with Crippen molar-refractivity contribution in [1.29, 1.82) is 0 Å². The number of nitrogens with zero attached hydrogens (tertiary/aromatic N) is 1. The Hall–Kier alpha value is -2.41. The molecule has 3 rings (SSSR count). The summed E-state index contributed by atoms with van der Waals surface area (Å²) in [6.07, 6.45) is 5.91. The smallest absolute Gasteiger partial charge is 0.335 e. The number of carboxylic acids is 1. The predicted octanol–water partition coefficient (Wildman–Crippen LogP) is 2.25. The van der Waals surface area contributed by atoms with Gasteiger partial charge in [0.05, 0.1) is 24.4 Å². The minimum Gasteiger partial charge on any atom is -0.478 e. The molecule has 1 aromatic rings. The molecule has 0 unspecified atom stereocenters. The molecule has 2 N–H and O–H groups in total. The van der Waals surface area contributed by atoms with Crippen molar-refractivity contribution < 1.29 is 24.2 Å². The molecule has 0 amide bonds. The van der Waals surface area contributed by atoms with Crippen molar-refractivity contribution in [3.63, 3.8) is 0 Å². The van der Waals surface area contributed by atoms with Crippen LogP contribution in [0.2, 0.25) is 0 Å². The Kier molecular flexibility index (Phi) is 6.45. The van der Waals surface area contributed by atoms with Crippen LogP contribution in [0.3, 0.4) is 0 Å². The Morgan fingerprint density at radius 2 is 2.04 bits per heavy atom. The number of hydrogen-bond acceptors (Lipinski definition) is 6. The molecule has 0 radical (unpaired) electrons. The van der Waals surface area contributed by atoms with Crippen LogP contribution in [0.1, 0.15) is 42.1 Å². The maximum absolute atomic E-state index is 11.5. The molecule has 0 aliphatic carbocycles. The number of carbonyl (C=O) groups excluding carboxylic acids is 1. The summed E-state index contributed by atoms with van der Waals surface area (Å²) in [4.78, 5) is 22.5. The lowest BCUT2D eigenvalue weighted by Crippen LogP contribution is -2.31. The van der Waals surface area contributed by atoms with Crippen LogP contribution < -0.4 is 5.43 Å². The number of benzene rings is 1. The van der Waals surface area contributed by atoms with E-state index in [1.54, 1.807) is 12.1 Å². The highest BCUT2D eigenvalue weighted by Crippen LogP contribution is 2.44. The first-order valence-electron chi connectivity index (χ1n) is 9.48. The number of aromatic carboxylic acids is 1. The second-order valence-corrected chi connectivity index (χ2v) is 7.07. The topological polar surface area (TPSA) is 97.2 Å². The summed E-state index contributed by atoms with van der Waals surface area (Å²) in [5.41, 5.74) is 4.14. The molecule has 2 bridgehead atoms.